The Kier molecular flexibility index (Phi) is 7.26. The zero-order valence-electron chi connectivity index (χ0n) is 21.7. The second-order valence-electron chi connectivity index (χ2n) is 9.56. The maximum atomic E-state index is 13.5. The van der Waals surface area contributed by atoms with Gasteiger partial charge < -0.3 is 14.5 Å². The smallest absolute Gasteiger partial charge is 0.142 e. The Labute approximate surface area is 217 Å². The maximum absolute atomic E-state index is 13.5. The molecule has 7 nitrogen and oxygen atoms in total. The first-order chi connectivity index (χ1) is 18.0. The van der Waals surface area contributed by atoms with Gasteiger partial charge in [0.1, 0.15) is 23.1 Å². The predicted octanol–water partition coefficient (Wildman–Crippen LogP) is 5.69. The summed E-state index contributed by atoms with van der Waals surface area (Å²) in [6.07, 6.45) is 0.618. The van der Waals surface area contributed by atoms with Gasteiger partial charge in [-0.05, 0) is 47.5 Å². The number of para-hydroxylation sites is 2. The van der Waals surface area contributed by atoms with E-state index in [0.29, 0.717) is 13.0 Å². The molecule has 7 heteroatoms. The average Bonchev–Trinajstić information content (AvgIpc) is 3.35. The molecule has 1 aliphatic rings. The standard InChI is InChI=1S/C30H33N3O4/c1-19-28(21-9-13-23(35-3)14-10-21)33(37-18-17-27-31-25-7-5-6-8-26(25)32-27)29(20(2)30(19)34)22-11-15-24(36-4)16-12-22/h5-16,19-20,28-29H,17-18H2,1-4H3,(H,31,32)/t19-,20+,28?,29?. The third-order valence-electron chi connectivity index (χ3n) is 7.33. The number of imidazole rings is 1. The number of fused-ring (bicyclic) bond motifs is 1. The van der Waals surface area contributed by atoms with E-state index in [-0.39, 0.29) is 29.7 Å². The van der Waals surface area contributed by atoms with E-state index in [1.165, 1.54) is 0 Å². The predicted molar refractivity (Wildman–Crippen MR) is 142 cm³/mol. The number of rotatable bonds is 8. The van der Waals surface area contributed by atoms with E-state index in [0.717, 1.165) is 39.5 Å². The Bertz CT molecular complexity index is 1250. The maximum Gasteiger partial charge on any atom is 0.142 e. The van der Waals surface area contributed by atoms with Crippen LogP contribution in [0.4, 0.5) is 0 Å². The molecule has 3 aromatic carbocycles. The number of H-pyrrole nitrogens is 1. The monoisotopic (exact) mass is 499 g/mol. The molecule has 0 amide bonds. The number of nitrogens with one attached hydrogen (secondary N) is 1. The van der Waals surface area contributed by atoms with Gasteiger partial charge in [-0.3, -0.25) is 9.63 Å². The minimum absolute atomic E-state index is 0.221. The normalized spacial score (nSPS) is 22.3. The topological polar surface area (TPSA) is 76.7 Å². The number of ketones is 1. The van der Waals surface area contributed by atoms with Crippen molar-refractivity contribution in [2.45, 2.75) is 32.4 Å². The molecule has 37 heavy (non-hydrogen) atoms. The molecule has 0 spiro atoms. The molecule has 0 bridgehead atoms. The summed E-state index contributed by atoms with van der Waals surface area (Å²) in [4.78, 5) is 28.2. The summed E-state index contributed by atoms with van der Waals surface area (Å²) in [5, 5.41) is 2.03. The molecule has 1 aromatic heterocycles. The number of piperidine rings is 1. The first kappa shape index (κ1) is 25.0. The first-order valence-corrected chi connectivity index (χ1v) is 12.7. The first-order valence-electron chi connectivity index (χ1n) is 12.7. The molecule has 0 aliphatic carbocycles. The fourth-order valence-electron chi connectivity index (χ4n) is 5.35. The van der Waals surface area contributed by atoms with E-state index in [4.69, 9.17) is 19.3 Å². The molecule has 0 saturated carbocycles. The van der Waals surface area contributed by atoms with Crippen molar-refractivity contribution in [1.29, 1.82) is 0 Å². The van der Waals surface area contributed by atoms with Crippen LogP contribution in [0.3, 0.4) is 0 Å². The van der Waals surface area contributed by atoms with Crippen LogP contribution in [-0.2, 0) is 16.1 Å². The van der Waals surface area contributed by atoms with Crippen molar-refractivity contribution >= 4 is 16.8 Å². The number of hydrogen-bond acceptors (Lipinski definition) is 6. The quantitative estimate of drug-likeness (QED) is 0.335. The highest BCUT2D eigenvalue weighted by molar-refractivity contribution is 5.85. The van der Waals surface area contributed by atoms with E-state index >= 15 is 0 Å². The number of hydroxylamine groups is 2. The highest BCUT2D eigenvalue weighted by atomic mass is 16.7. The minimum atomic E-state index is -0.252. The zero-order valence-corrected chi connectivity index (χ0v) is 21.7. The van der Waals surface area contributed by atoms with Crippen molar-refractivity contribution in [3.05, 3.63) is 89.7 Å². The van der Waals surface area contributed by atoms with Crippen molar-refractivity contribution < 1.29 is 19.1 Å². The molecule has 0 radical (unpaired) electrons. The van der Waals surface area contributed by atoms with Crippen LogP contribution in [0.2, 0.25) is 0 Å². The summed E-state index contributed by atoms with van der Waals surface area (Å²) in [6.45, 7) is 4.41. The lowest BCUT2D eigenvalue weighted by Gasteiger charge is -2.47. The van der Waals surface area contributed by atoms with Crippen molar-refractivity contribution in [3.63, 3.8) is 0 Å². The van der Waals surface area contributed by atoms with Gasteiger partial charge in [-0.25, -0.2) is 4.98 Å². The summed E-state index contributed by atoms with van der Waals surface area (Å²) in [6, 6.07) is 23.3. The van der Waals surface area contributed by atoms with E-state index in [1.54, 1.807) is 14.2 Å². The van der Waals surface area contributed by atoms with Crippen molar-refractivity contribution in [3.8, 4) is 11.5 Å². The van der Waals surface area contributed by atoms with E-state index in [1.807, 2.05) is 91.7 Å². The molecule has 1 fully saturated rings. The largest absolute Gasteiger partial charge is 0.497 e. The van der Waals surface area contributed by atoms with Crippen molar-refractivity contribution in [1.82, 2.24) is 15.0 Å². The Hall–Kier alpha value is -3.68. The lowest BCUT2D eigenvalue weighted by Crippen LogP contribution is -2.49. The molecule has 5 rings (SSSR count). The number of aromatic amines is 1. The number of ether oxygens (including phenoxy) is 2. The third kappa shape index (κ3) is 4.97. The van der Waals surface area contributed by atoms with E-state index in [2.05, 4.69) is 4.98 Å². The molecule has 2 unspecified atom stereocenters. The van der Waals surface area contributed by atoms with E-state index in [9.17, 15) is 4.79 Å². The summed E-state index contributed by atoms with van der Waals surface area (Å²) in [7, 11) is 3.30. The fraction of sp³-hybridized carbons (Fsp3) is 0.333. The molecule has 192 valence electrons. The average molecular weight is 500 g/mol. The van der Waals surface area contributed by atoms with Crippen LogP contribution in [0, 0.1) is 11.8 Å². The van der Waals surface area contributed by atoms with Crippen LogP contribution < -0.4 is 9.47 Å². The molecular weight excluding hydrogens is 466 g/mol. The van der Waals surface area contributed by atoms with Gasteiger partial charge in [-0.1, -0.05) is 50.2 Å². The van der Waals surface area contributed by atoms with Gasteiger partial charge in [0.2, 0.25) is 0 Å². The Morgan fingerprint density at radius 3 is 1.86 bits per heavy atom. The molecule has 1 N–H and O–H groups in total. The summed E-state index contributed by atoms with van der Waals surface area (Å²) >= 11 is 0. The van der Waals surface area contributed by atoms with Crippen LogP contribution in [0.5, 0.6) is 11.5 Å². The Morgan fingerprint density at radius 1 is 0.811 bits per heavy atom. The molecule has 2 heterocycles. The SMILES string of the molecule is COc1ccc(C2[C@H](C)C(=O)[C@H](C)C(c3ccc(OC)cc3)N2OCCc2nc3ccccc3[nH]2)cc1. The molecule has 4 aromatic rings. The number of benzene rings is 3. The number of nitrogens with zero attached hydrogens (tertiary/aromatic N) is 2. The van der Waals surface area contributed by atoms with Gasteiger partial charge in [-0.2, -0.15) is 5.06 Å². The molecule has 1 aliphatic heterocycles. The third-order valence-corrected chi connectivity index (χ3v) is 7.33. The number of Topliss-reactive ketones (excluding diaryl/α,β-unsaturated/α-hetero) is 1. The number of hydrogen-bond donors (Lipinski definition) is 1. The second kappa shape index (κ2) is 10.7. The Balaban J connectivity index is 1.47. The van der Waals surface area contributed by atoms with Gasteiger partial charge in [-0.15, -0.1) is 0 Å². The number of aromatic nitrogens is 2. The second-order valence-corrected chi connectivity index (χ2v) is 9.56. The van der Waals surface area contributed by atoms with Gasteiger partial charge in [0.25, 0.3) is 0 Å². The molecular formula is C30H33N3O4. The zero-order chi connectivity index (χ0) is 25.9. The number of methoxy groups -OCH3 is 2. The number of carbonyl (C=O) groups excluding carboxylic acids is 1. The van der Waals surface area contributed by atoms with Crippen LogP contribution in [0.25, 0.3) is 11.0 Å². The Morgan fingerprint density at radius 2 is 1.35 bits per heavy atom. The van der Waals surface area contributed by atoms with Gasteiger partial charge in [0.15, 0.2) is 0 Å². The minimum Gasteiger partial charge on any atom is -0.497 e. The lowest BCUT2D eigenvalue weighted by molar-refractivity contribution is -0.246. The summed E-state index contributed by atoms with van der Waals surface area (Å²) in [5.74, 6) is 2.15. The number of carbonyl (C=O) groups is 1. The molecule has 1 saturated heterocycles. The summed E-state index contributed by atoms with van der Waals surface area (Å²) in [5.41, 5.74) is 3.97. The van der Waals surface area contributed by atoms with Crippen LogP contribution >= 0.6 is 0 Å². The molecule has 4 atom stereocenters. The highest BCUT2D eigenvalue weighted by Crippen LogP contribution is 2.46. The summed E-state index contributed by atoms with van der Waals surface area (Å²) < 4.78 is 10.7. The van der Waals surface area contributed by atoms with Crippen LogP contribution in [0.1, 0.15) is 42.9 Å². The van der Waals surface area contributed by atoms with E-state index < -0.39 is 0 Å². The van der Waals surface area contributed by atoms with Gasteiger partial charge in [0, 0.05) is 18.3 Å². The van der Waals surface area contributed by atoms with Crippen molar-refractivity contribution in [2.75, 3.05) is 20.8 Å². The fourth-order valence-corrected chi connectivity index (χ4v) is 5.35. The van der Waals surface area contributed by atoms with Gasteiger partial charge >= 0.3 is 0 Å². The van der Waals surface area contributed by atoms with Crippen LogP contribution in [-0.4, -0.2) is 41.6 Å². The highest BCUT2D eigenvalue weighted by Gasteiger charge is 2.47. The lowest BCUT2D eigenvalue weighted by atomic mass is 9.75. The van der Waals surface area contributed by atoms with Gasteiger partial charge in [0.05, 0.1) is 43.9 Å². The van der Waals surface area contributed by atoms with Crippen LogP contribution in [0.15, 0.2) is 72.8 Å². The van der Waals surface area contributed by atoms with Crippen molar-refractivity contribution in [2.24, 2.45) is 11.8 Å².